The number of hydrogen-bond acceptors (Lipinski definition) is 2. The van der Waals surface area contributed by atoms with Crippen molar-refractivity contribution in [1.29, 1.82) is 0 Å². The van der Waals surface area contributed by atoms with Gasteiger partial charge < -0.3 is 10.0 Å². The number of hydrogen-bond donors (Lipinski definition) is 1. The minimum absolute atomic E-state index is 0.0606. The number of halogens is 3. The normalized spacial score (nSPS) is 10.6. The van der Waals surface area contributed by atoms with E-state index < -0.39 is 18.9 Å². The molecule has 1 aromatic rings. The fraction of sp³-hybridized carbons (Fsp3) is 0.300. The van der Waals surface area contributed by atoms with Gasteiger partial charge in [-0.05, 0) is 18.2 Å². The first-order chi connectivity index (χ1) is 7.40. The van der Waals surface area contributed by atoms with Crippen molar-refractivity contribution in [3.8, 4) is 0 Å². The number of alkyl halides is 2. The maximum atomic E-state index is 12.2. The van der Waals surface area contributed by atoms with E-state index in [0.717, 1.165) is 0 Å². The number of carboxylic acid groups (broad SMARTS) is 1. The van der Waals surface area contributed by atoms with Gasteiger partial charge in [0, 0.05) is 17.2 Å². The first kappa shape index (κ1) is 12.9. The number of aromatic carboxylic acids is 1. The summed E-state index contributed by atoms with van der Waals surface area (Å²) in [6.45, 7) is -0.435. The Morgan fingerprint density at radius 1 is 1.50 bits per heavy atom. The Kier molecular flexibility index (Phi) is 4.23. The maximum Gasteiger partial charge on any atom is 0.335 e. The highest BCUT2D eigenvalue weighted by Gasteiger charge is 2.12. The number of carbonyl (C=O) groups is 1. The second kappa shape index (κ2) is 5.25. The zero-order valence-electron chi connectivity index (χ0n) is 8.45. The number of nitrogens with zero attached hydrogens (tertiary/aromatic N) is 1. The Bertz CT molecular complexity index is 398. The molecular formula is C10H10BrF2NO2. The van der Waals surface area contributed by atoms with E-state index in [4.69, 9.17) is 5.11 Å². The summed E-state index contributed by atoms with van der Waals surface area (Å²) in [6.07, 6.45) is -2.46. The second-order valence-corrected chi connectivity index (χ2v) is 4.19. The van der Waals surface area contributed by atoms with Crippen LogP contribution in [0.2, 0.25) is 0 Å². The van der Waals surface area contributed by atoms with Crippen molar-refractivity contribution in [3.05, 3.63) is 28.2 Å². The molecule has 0 saturated carbocycles. The van der Waals surface area contributed by atoms with E-state index in [1.807, 2.05) is 0 Å². The summed E-state index contributed by atoms with van der Waals surface area (Å²) in [4.78, 5) is 12.1. The molecule has 0 amide bonds. The summed E-state index contributed by atoms with van der Waals surface area (Å²) in [5.74, 6) is -1.09. The van der Waals surface area contributed by atoms with Gasteiger partial charge in [-0.3, -0.25) is 0 Å². The molecule has 0 atom stereocenters. The molecule has 0 fully saturated rings. The minimum atomic E-state index is -2.46. The summed E-state index contributed by atoms with van der Waals surface area (Å²) < 4.78 is 24.9. The topological polar surface area (TPSA) is 40.5 Å². The van der Waals surface area contributed by atoms with Crippen molar-refractivity contribution in [1.82, 2.24) is 0 Å². The SMILES string of the molecule is CN(CC(F)F)c1cc(Br)cc(C(=O)O)c1. The molecule has 0 heterocycles. The van der Waals surface area contributed by atoms with Crippen molar-refractivity contribution in [3.63, 3.8) is 0 Å². The quantitative estimate of drug-likeness (QED) is 0.928. The van der Waals surface area contributed by atoms with E-state index >= 15 is 0 Å². The van der Waals surface area contributed by atoms with Crippen LogP contribution in [0.3, 0.4) is 0 Å². The van der Waals surface area contributed by atoms with Crippen LogP contribution >= 0.6 is 15.9 Å². The van der Waals surface area contributed by atoms with Crippen molar-refractivity contribution in [2.75, 3.05) is 18.5 Å². The maximum absolute atomic E-state index is 12.2. The Hall–Kier alpha value is -1.17. The van der Waals surface area contributed by atoms with Gasteiger partial charge in [-0.25, -0.2) is 13.6 Å². The number of benzene rings is 1. The molecule has 0 unspecified atom stereocenters. The van der Waals surface area contributed by atoms with Gasteiger partial charge in [0.1, 0.15) is 0 Å². The van der Waals surface area contributed by atoms with E-state index in [2.05, 4.69) is 15.9 Å². The van der Waals surface area contributed by atoms with Gasteiger partial charge in [0.15, 0.2) is 0 Å². The molecule has 0 aliphatic rings. The monoisotopic (exact) mass is 293 g/mol. The van der Waals surface area contributed by atoms with Gasteiger partial charge >= 0.3 is 5.97 Å². The third kappa shape index (κ3) is 3.44. The lowest BCUT2D eigenvalue weighted by Gasteiger charge is -2.19. The highest BCUT2D eigenvalue weighted by molar-refractivity contribution is 9.10. The minimum Gasteiger partial charge on any atom is -0.478 e. The standard InChI is InChI=1S/C10H10BrF2NO2/c1-14(5-9(12)13)8-3-6(10(15)16)2-7(11)4-8/h2-4,9H,5H2,1H3,(H,15,16). The van der Waals surface area contributed by atoms with Crippen LogP contribution in [0.15, 0.2) is 22.7 Å². The molecule has 0 spiro atoms. The van der Waals surface area contributed by atoms with Crippen molar-refractivity contribution >= 4 is 27.6 Å². The van der Waals surface area contributed by atoms with Gasteiger partial charge in [-0.15, -0.1) is 0 Å². The Morgan fingerprint density at radius 3 is 2.62 bits per heavy atom. The molecule has 1 N–H and O–H groups in total. The predicted octanol–water partition coefficient (Wildman–Crippen LogP) is 2.85. The average molecular weight is 294 g/mol. The molecule has 0 aliphatic carbocycles. The lowest BCUT2D eigenvalue weighted by molar-refractivity contribution is 0.0697. The summed E-state index contributed by atoms with van der Waals surface area (Å²) in [5.41, 5.74) is 0.498. The first-order valence-electron chi connectivity index (χ1n) is 4.43. The van der Waals surface area contributed by atoms with Crippen molar-refractivity contribution in [2.24, 2.45) is 0 Å². The van der Waals surface area contributed by atoms with Crippen LogP contribution in [0, 0.1) is 0 Å². The highest BCUT2D eigenvalue weighted by atomic mass is 79.9. The Morgan fingerprint density at radius 2 is 2.12 bits per heavy atom. The van der Waals surface area contributed by atoms with E-state index in [1.165, 1.54) is 24.1 Å². The fourth-order valence-corrected chi connectivity index (χ4v) is 1.71. The van der Waals surface area contributed by atoms with Crippen molar-refractivity contribution < 1.29 is 18.7 Å². The molecule has 0 bridgehead atoms. The lowest BCUT2D eigenvalue weighted by Crippen LogP contribution is -2.24. The number of rotatable bonds is 4. The van der Waals surface area contributed by atoms with Crippen molar-refractivity contribution in [2.45, 2.75) is 6.43 Å². The zero-order chi connectivity index (χ0) is 12.3. The van der Waals surface area contributed by atoms with E-state index in [9.17, 15) is 13.6 Å². The van der Waals surface area contributed by atoms with Gasteiger partial charge in [0.05, 0.1) is 12.1 Å². The molecular weight excluding hydrogens is 284 g/mol. The van der Waals surface area contributed by atoms with E-state index in [0.29, 0.717) is 10.2 Å². The molecule has 0 aromatic heterocycles. The molecule has 1 aromatic carbocycles. The average Bonchev–Trinajstić information content (AvgIpc) is 2.15. The molecule has 3 nitrogen and oxygen atoms in total. The molecule has 0 aliphatic heterocycles. The molecule has 1 rings (SSSR count). The fourth-order valence-electron chi connectivity index (χ4n) is 1.23. The van der Waals surface area contributed by atoms with Gasteiger partial charge in [0.25, 0.3) is 6.43 Å². The van der Waals surface area contributed by atoms with Crippen LogP contribution in [0.25, 0.3) is 0 Å². The van der Waals surface area contributed by atoms with E-state index in [-0.39, 0.29) is 5.56 Å². The molecule has 16 heavy (non-hydrogen) atoms. The Labute approximate surface area is 99.8 Å². The molecule has 6 heteroatoms. The number of carboxylic acids is 1. The predicted molar refractivity (Wildman–Crippen MR) is 60.4 cm³/mol. The van der Waals surface area contributed by atoms with Crippen LogP contribution in [-0.4, -0.2) is 31.1 Å². The van der Waals surface area contributed by atoms with Crippen LogP contribution in [0.5, 0.6) is 0 Å². The van der Waals surface area contributed by atoms with Gasteiger partial charge in [0.2, 0.25) is 0 Å². The van der Waals surface area contributed by atoms with Gasteiger partial charge in [-0.2, -0.15) is 0 Å². The van der Waals surface area contributed by atoms with Crippen LogP contribution in [-0.2, 0) is 0 Å². The molecule has 0 radical (unpaired) electrons. The lowest BCUT2D eigenvalue weighted by atomic mass is 10.2. The highest BCUT2D eigenvalue weighted by Crippen LogP contribution is 2.22. The Balaban J connectivity index is 3.00. The zero-order valence-corrected chi connectivity index (χ0v) is 10.0. The first-order valence-corrected chi connectivity index (χ1v) is 5.22. The third-order valence-electron chi connectivity index (χ3n) is 1.98. The van der Waals surface area contributed by atoms with Gasteiger partial charge in [-0.1, -0.05) is 15.9 Å². The summed E-state index contributed by atoms with van der Waals surface area (Å²) in [6, 6.07) is 4.37. The van der Waals surface area contributed by atoms with Crippen LogP contribution in [0.4, 0.5) is 14.5 Å². The third-order valence-corrected chi connectivity index (χ3v) is 2.44. The van der Waals surface area contributed by atoms with Crippen LogP contribution in [0.1, 0.15) is 10.4 Å². The summed E-state index contributed by atoms with van der Waals surface area (Å²) >= 11 is 3.14. The summed E-state index contributed by atoms with van der Waals surface area (Å²) in [5, 5.41) is 8.81. The van der Waals surface area contributed by atoms with Crippen LogP contribution < -0.4 is 4.90 Å². The smallest absolute Gasteiger partial charge is 0.335 e. The van der Waals surface area contributed by atoms with E-state index in [1.54, 1.807) is 6.07 Å². The molecule has 88 valence electrons. The largest absolute Gasteiger partial charge is 0.478 e. The molecule has 0 saturated heterocycles. The second-order valence-electron chi connectivity index (χ2n) is 3.27. The number of anilines is 1. The summed E-state index contributed by atoms with van der Waals surface area (Å²) in [7, 11) is 1.49.